The van der Waals surface area contributed by atoms with Crippen molar-refractivity contribution >= 4 is 17.6 Å². The van der Waals surface area contributed by atoms with Crippen LogP contribution in [0.2, 0.25) is 0 Å². The fourth-order valence-corrected chi connectivity index (χ4v) is 3.32. The van der Waals surface area contributed by atoms with Gasteiger partial charge in [-0.25, -0.2) is 9.36 Å². The van der Waals surface area contributed by atoms with Gasteiger partial charge in [0.25, 0.3) is 0 Å². The third-order valence-electron chi connectivity index (χ3n) is 5.44. The molecular formula is C24H30F4N3O3+. The molecule has 1 heterocycles. The molecule has 0 radical (unpaired) electrons. The lowest BCUT2D eigenvalue weighted by atomic mass is 10.0. The molecule has 0 saturated heterocycles. The van der Waals surface area contributed by atoms with E-state index in [9.17, 15) is 27.2 Å². The van der Waals surface area contributed by atoms with E-state index in [4.69, 9.17) is 5.11 Å². The van der Waals surface area contributed by atoms with E-state index in [2.05, 4.69) is 16.9 Å². The van der Waals surface area contributed by atoms with E-state index < -0.39 is 23.7 Å². The van der Waals surface area contributed by atoms with Gasteiger partial charge in [-0.3, -0.25) is 15.6 Å². The Morgan fingerprint density at radius 3 is 2.21 bits per heavy atom. The molecule has 10 heteroatoms. The van der Waals surface area contributed by atoms with Crippen LogP contribution in [0.1, 0.15) is 50.2 Å². The summed E-state index contributed by atoms with van der Waals surface area (Å²) in [6, 6.07) is 10.5. The topological polar surface area (TPSA) is 82.3 Å². The summed E-state index contributed by atoms with van der Waals surface area (Å²) < 4.78 is 55.7. The van der Waals surface area contributed by atoms with Gasteiger partial charge in [-0.1, -0.05) is 44.4 Å². The van der Waals surface area contributed by atoms with Crippen LogP contribution in [-0.4, -0.2) is 28.8 Å². The molecule has 3 N–H and O–H groups in total. The average Bonchev–Trinajstić information content (AvgIpc) is 2.82. The minimum Gasteiger partial charge on any atom is -0.477 e. The minimum atomic E-state index is -5.54. The largest absolute Gasteiger partial charge is 0.477 e. The van der Waals surface area contributed by atoms with Gasteiger partial charge in [0.05, 0.1) is 5.69 Å². The monoisotopic (exact) mass is 484 g/mol. The third-order valence-corrected chi connectivity index (χ3v) is 5.44. The molecule has 0 fully saturated rings. The smallest absolute Gasteiger partial charge is 0.413 e. The van der Waals surface area contributed by atoms with Crippen molar-refractivity contribution in [1.82, 2.24) is 5.43 Å². The summed E-state index contributed by atoms with van der Waals surface area (Å²) in [6.07, 6.45) is 11.1. The van der Waals surface area contributed by atoms with E-state index in [1.807, 2.05) is 24.5 Å². The number of carbonyl (C=O) groups excluding carboxylic acids is 1. The van der Waals surface area contributed by atoms with Crippen molar-refractivity contribution in [1.29, 1.82) is 0 Å². The zero-order valence-corrected chi connectivity index (χ0v) is 19.0. The molecule has 2 aromatic rings. The first kappa shape index (κ1) is 27.1. The number of carbonyl (C=O) groups is 2. The SMILES string of the molecule is CCCCCCC[n+]1ccc(CCc2ccccc2NNC(=O)C(F)(F)C(F)(F)C(=O)O)cc1. The number of hydrogen-bond acceptors (Lipinski definition) is 3. The van der Waals surface area contributed by atoms with Gasteiger partial charge < -0.3 is 5.11 Å². The number of halogens is 4. The molecule has 0 spiro atoms. The van der Waals surface area contributed by atoms with Gasteiger partial charge in [0.2, 0.25) is 0 Å². The fraction of sp³-hybridized carbons (Fsp3) is 0.458. The lowest BCUT2D eigenvalue weighted by molar-refractivity contribution is -0.697. The second-order valence-electron chi connectivity index (χ2n) is 8.05. The highest BCUT2D eigenvalue weighted by Crippen LogP contribution is 2.34. The molecule has 0 aliphatic carbocycles. The Labute approximate surface area is 196 Å². The highest BCUT2D eigenvalue weighted by molar-refractivity contribution is 5.92. The minimum absolute atomic E-state index is 0.239. The molecule has 1 aromatic carbocycles. The molecule has 186 valence electrons. The van der Waals surface area contributed by atoms with Crippen LogP contribution in [0.25, 0.3) is 0 Å². The first-order chi connectivity index (χ1) is 16.1. The number of amides is 1. The highest BCUT2D eigenvalue weighted by atomic mass is 19.3. The molecule has 6 nitrogen and oxygen atoms in total. The standard InChI is InChI=1S/C24H29F4N3O3/c1-2-3-4-5-8-15-31-16-13-18(14-17-31)11-12-19-9-6-7-10-20(19)29-30-21(32)23(25,26)24(27,28)22(33)34/h6-7,9-10,13-14,16-17,29H,2-5,8,11-12,15H2,1H3,(H-,30,32,33,34)/p+1. The maximum atomic E-state index is 13.6. The quantitative estimate of drug-likeness (QED) is 0.159. The van der Waals surface area contributed by atoms with E-state index in [1.165, 1.54) is 37.2 Å². The summed E-state index contributed by atoms with van der Waals surface area (Å²) in [5, 5.41) is 8.29. The number of nitrogens with one attached hydrogen (secondary N) is 2. The van der Waals surface area contributed by atoms with E-state index in [0.717, 1.165) is 18.5 Å². The zero-order chi connectivity index (χ0) is 25.2. The van der Waals surface area contributed by atoms with Crippen LogP contribution in [0.5, 0.6) is 0 Å². The number of hydrogen-bond donors (Lipinski definition) is 3. The lowest BCUT2D eigenvalue weighted by Crippen LogP contribution is -2.57. The molecule has 0 aliphatic heterocycles. The van der Waals surface area contributed by atoms with Crippen LogP contribution in [0, 0.1) is 0 Å². The van der Waals surface area contributed by atoms with Crippen LogP contribution in [0.15, 0.2) is 48.8 Å². The molecule has 0 aliphatic rings. The average molecular weight is 485 g/mol. The summed E-state index contributed by atoms with van der Waals surface area (Å²) in [5.74, 6) is -16.5. The van der Waals surface area contributed by atoms with Gasteiger partial charge in [-0.05, 0) is 36.5 Å². The predicted octanol–water partition coefficient (Wildman–Crippen LogP) is 4.53. The maximum absolute atomic E-state index is 13.6. The number of rotatable bonds is 14. The van der Waals surface area contributed by atoms with Crippen LogP contribution >= 0.6 is 0 Å². The van der Waals surface area contributed by atoms with Gasteiger partial charge >= 0.3 is 23.7 Å². The predicted molar refractivity (Wildman–Crippen MR) is 119 cm³/mol. The number of unbranched alkanes of at least 4 members (excludes halogenated alkanes) is 4. The molecule has 0 atom stereocenters. The molecule has 0 saturated carbocycles. The van der Waals surface area contributed by atoms with Gasteiger partial charge in [-0.2, -0.15) is 17.6 Å². The van der Waals surface area contributed by atoms with Crippen LogP contribution in [-0.2, 0) is 29.0 Å². The van der Waals surface area contributed by atoms with Gasteiger partial charge in [-0.15, -0.1) is 0 Å². The first-order valence-corrected chi connectivity index (χ1v) is 11.2. The van der Waals surface area contributed by atoms with Crippen LogP contribution in [0.3, 0.4) is 0 Å². The number of benzene rings is 1. The van der Waals surface area contributed by atoms with Crippen molar-refractivity contribution in [2.75, 3.05) is 5.43 Å². The van der Waals surface area contributed by atoms with E-state index >= 15 is 0 Å². The third kappa shape index (κ3) is 7.16. The van der Waals surface area contributed by atoms with Gasteiger partial charge in [0.15, 0.2) is 12.4 Å². The fourth-order valence-electron chi connectivity index (χ4n) is 3.32. The van der Waals surface area contributed by atoms with Gasteiger partial charge in [0, 0.05) is 18.6 Å². The number of anilines is 1. The van der Waals surface area contributed by atoms with E-state index in [0.29, 0.717) is 18.4 Å². The lowest BCUT2D eigenvalue weighted by Gasteiger charge is -2.22. The number of pyridine rings is 1. The van der Waals surface area contributed by atoms with E-state index in [1.54, 1.807) is 18.2 Å². The number of carboxylic acid groups (broad SMARTS) is 1. The number of aryl methyl sites for hydroxylation is 3. The molecular weight excluding hydrogens is 454 g/mol. The van der Waals surface area contributed by atoms with Crippen molar-refractivity contribution in [3.63, 3.8) is 0 Å². The number of para-hydroxylation sites is 1. The Kier molecular flexibility index (Phi) is 9.83. The molecule has 0 unspecified atom stereocenters. The maximum Gasteiger partial charge on any atom is 0.413 e. The van der Waals surface area contributed by atoms with Crippen LogP contribution < -0.4 is 15.4 Å². The number of aromatic nitrogens is 1. The summed E-state index contributed by atoms with van der Waals surface area (Å²) >= 11 is 0. The van der Waals surface area contributed by atoms with Crippen molar-refractivity contribution < 1.29 is 36.8 Å². The van der Waals surface area contributed by atoms with Crippen molar-refractivity contribution in [2.45, 2.75) is 70.3 Å². The normalized spacial score (nSPS) is 11.8. The number of alkyl halides is 4. The molecule has 34 heavy (non-hydrogen) atoms. The van der Waals surface area contributed by atoms with E-state index in [-0.39, 0.29) is 5.69 Å². The Balaban J connectivity index is 1.92. The molecule has 1 aromatic heterocycles. The summed E-state index contributed by atoms with van der Waals surface area (Å²) in [4.78, 5) is 22.0. The summed E-state index contributed by atoms with van der Waals surface area (Å²) in [5.41, 5.74) is 5.64. The number of aliphatic carboxylic acids is 1. The Morgan fingerprint density at radius 1 is 0.912 bits per heavy atom. The molecule has 0 bridgehead atoms. The Morgan fingerprint density at radius 2 is 1.56 bits per heavy atom. The first-order valence-electron chi connectivity index (χ1n) is 11.2. The van der Waals surface area contributed by atoms with Crippen molar-refractivity contribution in [3.8, 4) is 0 Å². The highest BCUT2D eigenvalue weighted by Gasteiger charge is 2.67. The van der Waals surface area contributed by atoms with Gasteiger partial charge in [0.1, 0.15) is 6.54 Å². The number of nitrogens with zero attached hydrogens (tertiary/aromatic N) is 1. The van der Waals surface area contributed by atoms with Crippen molar-refractivity contribution in [3.05, 3.63) is 59.9 Å². The Bertz CT molecular complexity index is 953. The zero-order valence-electron chi connectivity index (χ0n) is 19.0. The molecule has 2 rings (SSSR count). The Hall–Kier alpha value is -3.17. The summed E-state index contributed by atoms with van der Waals surface area (Å²) in [7, 11) is 0. The number of hydrazine groups is 1. The summed E-state index contributed by atoms with van der Waals surface area (Å²) in [6.45, 7) is 3.13. The second-order valence-corrected chi connectivity index (χ2v) is 8.05. The van der Waals surface area contributed by atoms with Crippen LogP contribution in [0.4, 0.5) is 23.2 Å². The number of carboxylic acids is 1. The second kappa shape index (κ2) is 12.3. The van der Waals surface area contributed by atoms with Crippen molar-refractivity contribution in [2.24, 2.45) is 0 Å². The molecule has 1 amide bonds.